The van der Waals surface area contributed by atoms with E-state index in [1.165, 1.54) is 0 Å². The fourth-order valence-electron chi connectivity index (χ4n) is 1.71. The van der Waals surface area contributed by atoms with Gasteiger partial charge in [-0.3, -0.25) is 4.98 Å². The van der Waals surface area contributed by atoms with Gasteiger partial charge in [-0.1, -0.05) is 58.0 Å². The molecule has 1 aromatic carbocycles. The molecular formula is C12H2Cl5F4N. The molecule has 0 unspecified atom stereocenters. The standard InChI is InChI=1S/C12H2Cl5F4N/c13-6-4(7(14)9(16)10(17)8(6)15)11-5(12(19,20)21)3(18)1-2-22-11/h1-2H. The lowest BCUT2D eigenvalue weighted by Gasteiger charge is -2.16. The Kier molecular flexibility index (Phi) is 5.05. The summed E-state index contributed by atoms with van der Waals surface area (Å²) < 4.78 is 52.9. The van der Waals surface area contributed by atoms with E-state index < -0.39 is 38.9 Å². The molecule has 0 aliphatic carbocycles. The molecule has 0 saturated heterocycles. The average molecular weight is 413 g/mol. The predicted octanol–water partition coefficient (Wildman–Crippen LogP) is 7.17. The SMILES string of the molecule is Fc1ccnc(-c2c(Cl)c(Cl)c(Cl)c(Cl)c2Cl)c1C(F)(F)F. The van der Waals surface area contributed by atoms with Crippen molar-refractivity contribution in [2.75, 3.05) is 0 Å². The van der Waals surface area contributed by atoms with Crippen LogP contribution in [0.15, 0.2) is 12.3 Å². The quantitative estimate of drug-likeness (QED) is 0.274. The summed E-state index contributed by atoms with van der Waals surface area (Å²) in [5.74, 6) is -1.54. The number of hydrogen-bond acceptors (Lipinski definition) is 1. The van der Waals surface area contributed by atoms with Gasteiger partial charge >= 0.3 is 6.18 Å². The lowest BCUT2D eigenvalue weighted by Crippen LogP contribution is -2.12. The van der Waals surface area contributed by atoms with E-state index in [1.807, 2.05) is 0 Å². The summed E-state index contributed by atoms with van der Waals surface area (Å²) in [5, 5.41) is -1.68. The van der Waals surface area contributed by atoms with Crippen LogP contribution < -0.4 is 0 Å². The van der Waals surface area contributed by atoms with Gasteiger partial charge in [0.05, 0.1) is 30.8 Å². The van der Waals surface area contributed by atoms with Crippen LogP contribution in [0.3, 0.4) is 0 Å². The zero-order valence-electron chi connectivity index (χ0n) is 10.0. The van der Waals surface area contributed by atoms with Crippen molar-refractivity contribution in [1.29, 1.82) is 0 Å². The third kappa shape index (κ3) is 2.97. The van der Waals surface area contributed by atoms with Gasteiger partial charge in [0.1, 0.15) is 11.4 Å². The van der Waals surface area contributed by atoms with E-state index in [4.69, 9.17) is 58.0 Å². The fraction of sp³-hybridized carbons (Fsp3) is 0.0833. The van der Waals surface area contributed by atoms with Gasteiger partial charge in [-0.2, -0.15) is 13.2 Å². The molecule has 10 heteroatoms. The van der Waals surface area contributed by atoms with E-state index in [0.29, 0.717) is 6.07 Å². The highest BCUT2D eigenvalue weighted by atomic mass is 35.5. The van der Waals surface area contributed by atoms with Crippen LogP contribution in [0.5, 0.6) is 0 Å². The minimum atomic E-state index is -5.03. The van der Waals surface area contributed by atoms with Gasteiger partial charge in [-0.15, -0.1) is 0 Å². The van der Waals surface area contributed by atoms with E-state index in [1.54, 1.807) is 0 Å². The Morgan fingerprint density at radius 3 is 1.73 bits per heavy atom. The van der Waals surface area contributed by atoms with Crippen LogP contribution in [0.2, 0.25) is 25.1 Å². The zero-order valence-corrected chi connectivity index (χ0v) is 13.8. The molecule has 0 aliphatic heterocycles. The highest BCUT2D eigenvalue weighted by molar-refractivity contribution is 6.56. The normalized spacial score (nSPS) is 11.9. The third-order valence-electron chi connectivity index (χ3n) is 2.63. The summed E-state index contributed by atoms with van der Waals surface area (Å²) in [7, 11) is 0. The van der Waals surface area contributed by atoms with Crippen LogP contribution in [-0.4, -0.2) is 4.98 Å². The maximum Gasteiger partial charge on any atom is 0.421 e. The first kappa shape index (κ1) is 17.9. The molecule has 22 heavy (non-hydrogen) atoms. The first-order chi connectivity index (χ1) is 10.1. The molecule has 0 amide bonds. The molecule has 0 aliphatic rings. The Balaban J connectivity index is 2.94. The molecule has 0 atom stereocenters. The van der Waals surface area contributed by atoms with E-state index in [2.05, 4.69) is 4.98 Å². The molecule has 2 aromatic rings. The van der Waals surface area contributed by atoms with Gasteiger partial charge in [0.15, 0.2) is 0 Å². The Morgan fingerprint density at radius 1 is 0.818 bits per heavy atom. The predicted molar refractivity (Wildman–Crippen MR) is 79.7 cm³/mol. The van der Waals surface area contributed by atoms with Crippen LogP contribution in [-0.2, 0) is 6.18 Å². The van der Waals surface area contributed by atoms with Gasteiger partial charge in [-0.05, 0) is 6.07 Å². The Labute approximate surface area is 146 Å². The molecule has 0 radical (unpaired) electrons. The maximum atomic E-state index is 13.6. The van der Waals surface area contributed by atoms with Crippen molar-refractivity contribution in [2.45, 2.75) is 6.18 Å². The van der Waals surface area contributed by atoms with E-state index >= 15 is 0 Å². The average Bonchev–Trinajstić information content (AvgIpc) is 2.42. The van der Waals surface area contributed by atoms with Crippen LogP contribution in [0.1, 0.15) is 5.56 Å². The molecule has 1 heterocycles. The van der Waals surface area contributed by atoms with E-state index in [-0.39, 0.29) is 15.1 Å². The largest absolute Gasteiger partial charge is 0.421 e. The molecule has 0 bridgehead atoms. The topological polar surface area (TPSA) is 12.9 Å². The van der Waals surface area contributed by atoms with Crippen molar-refractivity contribution in [3.63, 3.8) is 0 Å². The molecule has 1 aromatic heterocycles. The maximum absolute atomic E-state index is 13.6. The van der Waals surface area contributed by atoms with E-state index in [9.17, 15) is 17.6 Å². The second kappa shape index (κ2) is 6.21. The van der Waals surface area contributed by atoms with Gasteiger partial charge in [0, 0.05) is 11.8 Å². The molecule has 2 rings (SSSR count). The van der Waals surface area contributed by atoms with Crippen molar-refractivity contribution in [3.8, 4) is 11.3 Å². The Hall–Kier alpha value is -0.460. The van der Waals surface area contributed by atoms with Crippen molar-refractivity contribution in [1.82, 2.24) is 4.98 Å². The van der Waals surface area contributed by atoms with Gasteiger partial charge < -0.3 is 0 Å². The molecule has 118 valence electrons. The highest BCUT2D eigenvalue weighted by Gasteiger charge is 2.39. The second-order valence-corrected chi connectivity index (χ2v) is 5.85. The van der Waals surface area contributed by atoms with Crippen LogP contribution in [0, 0.1) is 5.82 Å². The van der Waals surface area contributed by atoms with Crippen LogP contribution in [0.4, 0.5) is 17.6 Å². The van der Waals surface area contributed by atoms with Gasteiger partial charge in [0.2, 0.25) is 0 Å². The number of benzene rings is 1. The van der Waals surface area contributed by atoms with Crippen molar-refractivity contribution in [2.24, 2.45) is 0 Å². The Morgan fingerprint density at radius 2 is 1.27 bits per heavy atom. The zero-order chi connectivity index (χ0) is 16.8. The summed E-state index contributed by atoms with van der Waals surface area (Å²) in [6.45, 7) is 0. The lowest BCUT2D eigenvalue weighted by molar-refractivity contribution is -0.139. The number of halogens is 9. The van der Waals surface area contributed by atoms with Crippen molar-refractivity contribution >= 4 is 58.0 Å². The Bertz CT molecular complexity index is 731. The first-order valence-corrected chi connectivity index (χ1v) is 7.19. The molecule has 0 spiro atoms. The van der Waals surface area contributed by atoms with Crippen molar-refractivity contribution < 1.29 is 17.6 Å². The number of rotatable bonds is 1. The molecule has 0 saturated carbocycles. The summed E-state index contributed by atoms with van der Waals surface area (Å²) in [4.78, 5) is 3.52. The first-order valence-electron chi connectivity index (χ1n) is 5.30. The molecule has 1 nitrogen and oxygen atoms in total. The number of pyridine rings is 1. The fourth-order valence-corrected chi connectivity index (χ4v) is 3.03. The smallest absolute Gasteiger partial charge is 0.255 e. The second-order valence-electron chi connectivity index (χ2n) is 3.96. The van der Waals surface area contributed by atoms with Gasteiger partial charge in [0.25, 0.3) is 0 Å². The third-order valence-corrected chi connectivity index (χ3v) is 4.91. The monoisotopic (exact) mass is 411 g/mol. The summed E-state index contributed by atoms with van der Waals surface area (Å²) in [6, 6.07) is 0.563. The minimum absolute atomic E-state index is 0.230. The lowest BCUT2D eigenvalue weighted by atomic mass is 10.0. The molecule has 0 fully saturated rings. The highest BCUT2D eigenvalue weighted by Crippen LogP contribution is 2.50. The van der Waals surface area contributed by atoms with Crippen molar-refractivity contribution in [3.05, 3.63) is 48.8 Å². The molecule has 0 N–H and O–H groups in total. The number of aromatic nitrogens is 1. The summed E-state index contributed by atoms with van der Waals surface area (Å²) in [5.41, 5.74) is -2.91. The van der Waals surface area contributed by atoms with Crippen LogP contribution in [0.25, 0.3) is 11.3 Å². The number of hydrogen-bond donors (Lipinski definition) is 0. The summed E-state index contributed by atoms with van der Waals surface area (Å²) in [6.07, 6.45) is -4.19. The summed E-state index contributed by atoms with van der Waals surface area (Å²) >= 11 is 29.2. The van der Waals surface area contributed by atoms with Crippen LogP contribution >= 0.6 is 58.0 Å². The molecular weight excluding hydrogens is 411 g/mol. The number of alkyl halides is 3. The minimum Gasteiger partial charge on any atom is -0.255 e. The van der Waals surface area contributed by atoms with E-state index in [0.717, 1.165) is 6.20 Å². The van der Waals surface area contributed by atoms with Gasteiger partial charge in [-0.25, -0.2) is 4.39 Å². The number of nitrogens with zero attached hydrogens (tertiary/aromatic N) is 1.